The Morgan fingerprint density at radius 1 is 1.50 bits per heavy atom. The Kier molecular flexibility index (Phi) is 8.79. The molecule has 37 valence electrons. The largest absolute Gasteiger partial charge is 2.00 e. The zero-order valence-corrected chi connectivity index (χ0v) is 4.18. The van der Waals surface area contributed by atoms with Crippen LogP contribution in [0, 0.1) is 0 Å². The van der Waals surface area contributed by atoms with Crippen LogP contribution in [-0.4, -0.2) is 14.4 Å². The van der Waals surface area contributed by atoms with Crippen LogP contribution in [-0.2, 0) is 21.4 Å². The molecule has 5 heteroatoms. The van der Waals surface area contributed by atoms with Crippen LogP contribution in [0.4, 0.5) is 0 Å². The fourth-order valence-electron chi connectivity index (χ4n) is 0. The fourth-order valence-corrected chi connectivity index (χ4v) is 0. The Hall–Kier alpha value is 0.451. The number of hydrogen-bond donors (Lipinski definition) is 0. The minimum absolute atomic E-state index is 0. The van der Waals surface area contributed by atoms with Gasteiger partial charge in [0.1, 0.15) is 0 Å². The quantitative estimate of drug-likeness (QED) is 0.366. The summed E-state index contributed by atoms with van der Waals surface area (Å²) in [5.41, 5.74) is 0. The molecule has 6 heavy (non-hydrogen) atoms. The average molecular weight is 133 g/mol. The SMILES string of the molecule is COB([O-])[O-].[Co+2]. The van der Waals surface area contributed by atoms with E-state index < -0.39 is 7.32 Å². The number of rotatable bonds is 1. The van der Waals surface area contributed by atoms with Crippen molar-refractivity contribution in [2.24, 2.45) is 0 Å². The monoisotopic (exact) mass is 133 g/mol. The van der Waals surface area contributed by atoms with Crippen molar-refractivity contribution >= 4 is 7.32 Å². The van der Waals surface area contributed by atoms with Crippen molar-refractivity contribution in [3.8, 4) is 0 Å². The number of hydrogen-bond acceptors (Lipinski definition) is 3. The van der Waals surface area contributed by atoms with Gasteiger partial charge in [0.05, 0.1) is 7.32 Å². The van der Waals surface area contributed by atoms with Gasteiger partial charge in [-0.05, 0) is 0 Å². The predicted octanol–water partition coefficient (Wildman–Crippen LogP) is -2.66. The Balaban J connectivity index is 0. The predicted molar refractivity (Wildman–Crippen MR) is 12.8 cm³/mol. The normalized spacial score (nSPS) is 6.50. The molecule has 1 radical (unpaired) electrons. The minimum Gasteiger partial charge on any atom is -0.871 e. The van der Waals surface area contributed by atoms with Crippen LogP contribution in [0.25, 0.3) is 0 Å². The molecule has 0 aromatic rings. The van der Waals surface area contributed by atoms with Crippen LogP contribution in [0.5, 0.6) is 0 Å². The summed E-state index contributed by atoms with van der Waals surface area (Å²) in [6, 6.07) is 0. The van der Waals surface area contributed by atoms with Crippen molar-refractivity contribution in [2.45, 2.75) is 0 Å². The maximum absolute atomic E-state index is 9.12. The first-order chi connectivity index (χ1) is 2.27. The van der Waals surface area contributed by atoms with Gasteiger partial charge in [0, 0.05) is 7.11 Å². The molecule has 0 heterocycles. The van der Waals surface area contributed by atoms with E-state index in [9.17, 15) is 0 Å². The molecule has 0 aromatic carbocycles. The summed E-state index contributed by atoms with van der Waals surface area (Å²) in [5.74, 6) is 0. The maximum Gasteiger partial charge on any atom is 2.00 e. The summed E-state index contributed by atoms with van der Waals surface area (Å²) in [4.78, 5) is 0. The third kappa shape index (κ3) is 8.82. The molecular weight excluding hydrogens is 130 g/mol. The van der Waals surface area contributed by atoms with Crippen LogP contribution in [0.3, 0.4) is 0 Å². The topological polar surface area (TPSA) is 55.3 Å². The second-order valence-electron chi connectivity index (χ2n) is 0.524. The Labute approximate surface area is 46.7 Å². The van der Waals surface area contributed by atoms with Gasteiger partial charge in [-0.3, -0.25) is 0 Å². The first kappa shape index (κ1) is 9.68. The molecule has 0 bridgehead atoms. The van der Waals surface area contributed by atoms with Crippen LogP contribution in [0.15, 0.2) is 0 Å². The van der Waals surface area contributed by atoms with Crippen molar-refractivity contribution in [1.29, 1.82) is 0 Å². The smallest absolute Gasteiger partial charge is 0.871 e. The molecule has 3 nitrogen and oxygen atoms in total. The zero-order valence-electron chi connectivity index (χ0n) is 3.14. The van der Waals surface area contributed by atoms with Gasteiger partial charge in [0.25, 0.3) is 0 Å². The fraction of sp³-hybridized carbons (Fsp3) is 1.00. The van der Waals surface area contributed by atoms with Gasteiger partial charge in [-0.15, -0.1) is 0 Å². The van der Waals surface area contributed by atoms with E-state index >= 15 is 0 Å². The molecule has 0 saturated carbocycles. The van der Waals surface area contributed by atoms with Gasteiger partial charge >= 0.3 is 16.8 Å². The summed E-state index contributed by atoms with van der Waals surface area (Å²) in [6.07, 6.45) is 0. The molecule has 0 amide bonds. The van der Waals surface area contributed by atoms with E-state index in [4.69, 9.17) is 10.0 Å². The molecule has 0 aliphatic rings. The molecule has 0 saturated heterocycles. The standard InChI is InChI=1S/CH3BO3.Co/c1-5-2(3)4;/h1H3;/q-2;+2. The van der Waals surface area contributed by atoms with E-state index in [2.05, 4.69) is 4.65 Å². The van der Waals surface area contributed by atoms with Crippen molar-refractivity contribution in [3.05, 3.63) is 0 Å². The molecule has 0 N–H and O–H groups in total. The van der Waals surface area contributed by atoms with Gasteiger partial charge < -0.3 is 14.7 Å². The van der Waals surface area contributed by atoms with Crippen molar-refractivity contribution < 1.29 is 31.5 Å². The van der Waals surface area contributed by atoms with Gasteiger partial charge in [0.15, 0.2) is 0 Å². The van der Waals surface area contributed by atoms with Crippen molar-refractivity contribution in [3.63, 3.8) is 0 Å². The first-order valence-corrected chi connectivity index (χ1v) is 1.12. The Bertz CT molecular complexity index is 24.8. The van der Waals surface area contributed by atoms with E-state index in [0.29, 0.717) is 0 Å². The van der Waals surface area contributed by atoms with Crippen LogP contribution < -0.4 is 10.0 Å². The van der Waals surface area contributed by atoms with Gasteiger partial charge in [0.2, 0.25) is 0 Å². The molecule has 0 fully saturated rings. The van der Waals surface area contributed by atoms with E-state index in [-0.39, 0.29) is 16.8 Å². The summed E-state index contributed by atoms with van der Waals surface area (Å²) < 4.78 is 3.64. The third-order valence-corrected chi connectivity index (χ3v) is 0.192. The Morgan fingerprint density at radius 3 is 1.67 bits per heavy atom. The van der Waals surface area contributed by atoms with Gasteiger partial charge in [-0.2, -0.15) is 0 Å². The zero-order chi connectivity index (χ0) is 4.28. The van der Waals surface area contributed by atoms with E-state index in [0.717, 1.165) is 7.11 Å². The van der Waals surface area contributed by atoms with Crippen LogP contribution >= 0.6 is 0 Å². The molecule has 0 aromatic heterocycles. The van der Waals surface area contributed by atoms with Gasteiger partial charge in [-0.1, -0.05) is 0 Å². The Morgan fingerprint density at radius 2 is 1.67 bits per heavy atom. The first-order valence-electron chi connectivity index (χ1n) is 1.12. The molecule has 0 rings (SSSR count). The van der Waals surface area contributed by atoms with Crippen molar-refractivity contribution in [2.75, 3.05) is 7.11 Å². The van der Waals surface area contributed by atoms with E-state index in [1.54, 1.807) is 0 Å². The van der Waals surface area contributed by atoms with Crippen LogP contribution in [0.1, 0.15) is 0 Å². The van der Waals surface area contributed by atoms with E-state index in [1.807, 2.05) is 0 Å². The van der Waals surface area contributed by atoms with Crippen molar-refractivity contribution in [1.82, 2.24) is 0 Å². The minimum atomic E-state index is -2.12. The molecule has 0 aliphatic carbocycles. The molecular formula is CH3BCoO3. The third-order valence-electron chi connectivity index (χ3n) is 0.192. The van der Waals surface area contributed by atoms with Gasteiger partial charge in [-0.25, -0.2) is 0 Å². The van der Waals surface area contributed by atoms with E-state index in [1.165, 1.54) is 0 Å². The molecule has 0 unspecified atom stereocenters. The van der Waals surface area contributed by atoms with Crippen LogP contribution in [0.2, 0.25) is 0 Å². The molecule has 0 atom stereocenters. The molecule has 0 spiro atoms. The maximum atomic E-state index is 9.12. The summed E-state index contributed by atoms with van der Waals surface area (Å²) in [5, 5.41) is 18.2. The summed E-state index contributed by atoms with van der Waals surface area (Å²) >= 11 is 0. The molecule has 0 aliphatic heterocycles. The second-order valence-corrected chi connectivity index (χ2v) is 0.524. The average Bonchev–Trinajstić information content (AvgIpc) is 1.38. The second kappa shape index (κ2) is 5.45. The summed E-state index contributed by atoms with van der Waals surface area (Å²) in [7, 11) is -1.04. The summed E-state index contributed by atoms with van der Waals surface area (Å²) in [6.45, 7) is 0.